The number of methoxy groups -OCH3 is 1. The third kappa shape index (κ3) is 2.17. The molecule has 94 valence electrons. The summed E-state index contributed by atoms with van der Waals surface area (Å²) >= 11 is 0. The number of hydrogen-bond acceptors (Lipinski definition) is 4. The Balaban J connectivity index is 1.74. The molecule has 3 rings (SSSR count). The summed E-state index contributed by atoms with van der Waals surface area (Å²) in [5, 5.41) is 7.45. The van der Waals surface area contributed by atoms with E-state index in [4.69, 9.17) is 9.47 Å². The Kier molecular flexibility index (Phi) is 2.90. The molecule has 1 aliphatic rings. The monoisotopic (exact) mass is 245 g/mol. The molecule has 0 radical (unpaired) electrons. The number of nitrogens with zero attached hydrogens (tertiary/aromatic N) is 2. The molecular formula is C13H15N3O2. The molecule has 1 aromatic heterocycles. The summed E-state index contributed by atoms with van der Waals surface area (Å²) in [4.78, 5) is 0. The number of hydrogen-bond donors (Lipinski definition) is 1. The van der Waals surface area contributed by atoms with Gasteiger partial charge in [0, 0.05) is 13.1 Å². The Morgan fingerprint density at radius 2 is 2.00 bits per heavy atom. The van der Waals surface area contributed by atoms with E-state index in [1.54, 1.807) is 18.0 Å². The Hall–Kier alpha value is -2.01. The predicted molar refractivity (Wildman–Crippen MR) is 67.4 cm³/mol. The normalized spacial score (nSPS) is 15.2. The third-order valence-electron chi connectivity index (χ3n) is 2.94. The second kappa shape index (κ2) is 4.70. The van der Waals surface area contributed by atoms with Gasteiger partial charge in [-0.05, 0) is 24.3 Å². The van der Waals surface area contributed by atoms with Crippen molar-refractivity contribution in [3.63, 3.8) is 0 Å². The van der Waals surface area contributed by atoms with Crippen molar-refractivity contribution in [2.45, 2.75) is 6.10 Å². The summed E-state index contributed by atoms with van der Waals surface area (Å²) in [6, 6.07) is 7.74. The molecule has 0 aliphatic carbocycles. The van der Waals surface area contributed by atoms with Gasteiger partial charge < -0.3 is 14.8 Å². The Morgan fingerprint density at radius 3 is 2.61 bits per heavy atom. The summed E-state index contributed by atoms with van der Waals surface area (Å²) in [5.74, 6) is 1.64. The zero-order chi connectivity index (χ0) is 12.4. The van der Waals surface area contributed by atoms with Crippen LogP contribution in [-0.4, -0.2) is 36.1 Å². The zero-order valence-electron chi connectivity index (χ0n) is 10.2. The Labute approximate surface area is 105 Å². The van der Waals surface area contributed by atoms with Crippen LogP contribution < -0.4 is 14.8 Å². The molecule has 2 aromatic rings. The van der Waals surface area contributed by atoms with E-state index in [1.807, 2.05) is 30.5 Å². The number of ether oxygens (including phenoxy) is 2. The molecule has 0 atom stereocenters. The lowest BCUT2D eigenvalue weighted by molar-refractivity contribution is 0.142. The van der Waals surface area contributed by atoms with Gasteiger partial charge in [0.2, 0.25) is 0 Å². The Bertz CT molecular complexity index is 517. The van der Waals surface area contributed by atoms with Gasteiger partial charge in [-0.1, -0.05) is 0 Å². The van der Waals surface area contributed by atoms with Gasteiger partial charge in [-0.3, -0.25) is 0 Å². The predicted octanol–water partition coefficient (Wildman–Crippen LogP) is 1.23. The van der Waals surface area contributed by atoms with E-state index < -0.39 is 0 Å². The number of rotatable bonds is 4. The average molecular weight is 245 g/mol. The van der Waals surface area contributed by atoms with Gasteiger partial charge in [0.25, 0.3) is 0 Å². The molecule has 0 spiro atoms. The first kappa shape index (κ1) is 11.1. The summed E-state index contributed by atoms with van der Waals surface area (Å²) in [7, 11) is 1.65. The third-order valence-corrected chi connectivity index (χ3v) is 2.94. The summed E-state index contributed by atoms with van der Waals surface area (Å²) < 4.78 is 12.6. The van der Waals surface area contributed by atoms with E-state index in [1.165, 1.54) is 0 Å². The fourth-order valence-corrected chi connectivity index (χ4v) is 1.78. The number of aromatic nitrogens is 2. The summed E-state index contributed by atoms with van der Waals surface area (Å²) in [5.41, 5.74) is 0.984. The van der Waals surface area contributed by atoms with Crippen LogP contribution in [0.2, 0.25) is 0 Å². The van der Waals surface area contributed by atoms with Crippen molar-refractivity contribution in [1.82, 2.24) is 15.1 Å². The lowest BCUT2D eigenvalue weighted by Crippen LogP contribution is -2.50. The quantitative estimate of drug-likeness (QED) is 0.880. The second-order valence-electron chi connectivity index (χ2n) is 4.22. The molecule has 1 aliphatic heterocycles. The van der Waals surface area contributed by atoms with Crippen LogP contribution >= 0.6 is 0 Å². The van der Waals surface area contributed by atoms with E-state index in [2.05, 4.69) is 10.4 Å². The summed E-state index contributed by atoms with van der Waals surface area (Å²) in [6.07, 6.45) is 3.90. The van der Waals surface area contributed by atoms with Crippen LogP contribution in [0.15, 0.2) is 36.7 Å². The largest absolute Gasteiger partial charge is 0.497 e. The first-order valence-electron chi connectivity index (χ1n) is 5.91. The molecule has 0 unspecified atom stereocenters. The average Bonchev–Trinajstić information content (AvgIpc) is 2.83. The lowest BCUT2D eigenvalue weighted by Gasteiger charge is -2.26. The van der Waals surface area contributed by atoms with Gasteiger partial charge in [-0.2, -0.15) is 5.10 Å². The van der Waals surface area contributed by atoms with Crippen LogP contribution in [0.25, 0.3) is 5.69 Å². The minimum absolute atomic E-state index is 0.276. The van der Waals surface area contributed by atoms with Crippen LogP contribution in [0.5, 0.6) is 11.5 Å². The number of nitrogens with one attached hydrogen (secondary N) is 1. The smallest absolute Gasteiger partial charge is 0.158 e. The van der Waals surface area contributed by atoms with Crippen molar-refractivity contribution >= 4 is 0 Å². The van der Waals surface area contributed by atoms with E-state index in [9.17, 15) is 0 Å². The van der Waals surface area contributed by atoms with Gasteiger partial charge in [-0.15, -0.1) is 0 Å². The highest BCUT2D eigenvalue weighted by Crippen LogP contribution is 2.18. The van der Waals surface area contributed by atoms with Crippen LogP contribution in [0.3, 0.4) is 0 Å². The molecule has 0 amide bonds. The molecule has 0 bridgehead atoms. The van der Waals surface area contributed by atoms with Gasteiger partial charge >= 0.3 is 0 Å². The van der Waals surface area contributed by atoms with E-state index in [-0.39, 0.29) is 6.10 Å². The van der Waals surface area contributed by atoms with Gasteiger partial charge in [0.15, 0.2) is 5.75 Å². The maximum absolute atomic E-state index is 5.73. The number of benzene rings is 1. The van der Waals surface area contributed by atoms with E-state index in [0.29, 0.717) is 0 Å². The molecule has 1 aromatic carbocycles. The second-order valence-corrected chi connectivity index (χ2v) is 4.22. The van der Waals surface area contributed by atoms with Crippen LogP contribution in [0.4, 0.5) is 0 Å². The molecule has 5 nitrogen and oxygen atoms in total. The van der Waals surface area contributed by atoms with E-state index in [0.717, 1.165) is 30.3 Å². The first-order chi connectivity index (χ1) is 8.85. The van der Waals surface area contributed by atoms with Crippen molar-refractivity contribution in [3.05, 3.63) is 36.7 Å². The maximum atomic E-state index is 5.73. The fourth-order valence-electron chi connectivity index (χ4n) is 1.78. The maximum Gasteiger partial charge on any atom is 0.158 e. The van der Waals surface area contributed by atoms with E-state index >= 15 is 0 Å². The molecule has 2 heterocycles. The van der Waals surface area contributed by atoms with Crippen molar-refractivity contribution in [2.24, 2.45) is 0 Å². The highest BCUT2D eigenvalue weighted by molar-refractivity contribution is 5.37. The van der Waals surface area contributed by atoms with Gasteiger partial charge in [-0.25, -0.2) is 4.68 Å². The van der Waals surface area contributed by atoms with Crippen molar-refractivity contribution < 1.29 is 9.47 Å². The SMILES string of the molecule is COc1ccc(-n2cc(OC3CNC3)cn2)cc1. The first-order valence-corrected chi connectivity index (χ1v) is 5.91. The van der Waals surface area contributed by atoms with Gasteiger partial charge in [0.1, 0.15) is 11.9 Å². The molecule has 1 fully saturated rings. The summed E-state index contributed by atoms with van der Waals surface area (Å²) in [6.45, 7) is 1.82. The molecule has 5 heteroatoms. The van der Waals surface area contributed by atoms with Crippen molar-refractivity contribution in [1.29, 1.82) is 0 Å². The topological polar surface area (TPSA) is 48.3 Å². The zero-order valence-corrected chi connectivity index (χ0v) is 10.2. The molecule has 18 heavy (non-hydrogen) atoms. The molecule has 1 saturated heterocycles. The highest BCUT2D eigenvalue weighted by Gasteiger charge is 2.18. The van der Waals surface area contributed by atoms with Crippen molar-refractivity contribution in [3.8, 4) is 17.2 Å². The minimum atomic E-state index is 0.276. The highest BCUT2D eigenvalue weighted by atomic mass is 16.5. The van der Waals surface area contributed by atoms with Crippen LogP contribution in [-0.2, 0) is 0 Å². The molecule has 0 saturated carbocycles. The fraction of sp³-hybridized carbons (Fsp3) is 0.308. The standard InChI is InChI=1S/C13H15N3O2/c1-17-11-4-2-10(3-5-11)16-9-13(8-15-16)18-12-6-14-7-12/h2-5,8-9,12,14H,6-7H2,1H3. The van der Waals surface area contributed by atoms with Gasteiger partial charge in [0.05, 0.1) is 25.2 Å². The Morgan fingerprint density at radius 1 is 1.22 bits per heavy atom. The van der Waals surface area contributed by atoms with Crippen LogP contribution in [0, 0.1) is 0 Å². The van der Waals surface area contributed by atoms with Crippen LogP contribution in [0.1, 0.15) is 0 Å². The molecular weight excluding hydrogens is 230 g/mol. The lowest BCUT2D eigenvalue weighted by atomic mass is 10.2. The molecule has 1 N–H and O–H groups in total. The van der Waals surface area contributed by atoms with Crippen molar-refractivity contribution in [2.75, 3.05) is 20.2 Å². The minimum Gasteiger partial charge on any atom is -0.497 e.